The zero-order chi connectivity index (χ0) is 72.9. The minimum Gasteiger partial charge on any atom is -0.464 e. The van der Waals surface area contributed by atoms with Crippen LogP contribution >= 0.6 is 21.6 Å². The van der Waals surface area contributed by atoms with E-state index in [0.29, 0.717) is 39.2 Å². The van der Waals surface area contributed by atoms with Gasteiger partial charge in [-0.3, -0.25) is 24.4 Å². The number of nitrogens with zero attached hydrogens (tertiary/aromatic N) is 4. The average Bonchev–Trinajstić information content (AvgIpc) is 1.10. The van der Waals surface area contributed by atoms with Crippen molar-refractivity contribution < 1.29 is 30.0 Å². The van der Waals surface area contributed by atoms with Crippen LogP contribution in [0.15, 0.2) is 122 Å². The molecule has 0 aliphatic carbocycles. The Hall–Kier alpha value is -2.75. The monoisotopic (exact) mass is 1450 g/mol. The molecule has 4 unspecified atom stereocenters. The van der Waals surface area contributed by atoms with Crippen LogP contribution < -0.4 is 0 Å². The zero-order valence-corrected chi connectivity index (χ0v) is 67.6. The molecule has 4 N–H and O–H groups in total. The summed E-state index contributed by atoms with van der Waals surface area (Å²) in [4.78, 5) is 22.5. The smallest absolute Gasteiger partial charge is 0.305 e. The number of esters is 1. The molecule has 0 aromatic carbocycles. The molecule has 0 spiro atoms. The maximum Gasteiger partial charge on any atom is 0.305 e. The van der Waals surface area contributed by atoms with Crippen LogP contribution in [0.1, 0.15) is 317 Å². The van der Waals surface area contributed by atoms with E-state index in [9.17, 15) is 25.2 Å². The number of rotatable bonds is 75. The van der Waals surface area contributed by atoms with E-state index in [2.05, 4.69) is 169 Å². The van der Waals surface area contributed by atoms with Crippen LogP contribution in [-0.2, 0) is 9.53 Å². The Balaban J connectivity index is 2.46. The van der Waals surface area contributed by atoms with E-state index in [4.69, 9.17) is 4.74 Å². The van der Waals surface area contributed by atoms with Crippen LogP contribution in [0.4, 0.5) is 0 Å². The van der Waals surface area contributed by atoms with Gasteiger partial charge in [0.05, 0.1) is 24.4 Å². The molecule has 0 bridgehead atoms. The summed E-state index contributed by atoms with van der Waals surface area (Å²) < 4.78 is 5.76. The van der Waals surface area contributed by atoms with Crippen molar-refractivity contribution in [1.82, 2.24) is 19.6 Å². The van der Waals surface area contributed by atoms with Gasteiger partial charge >= 0.3 is 5.97 Å². The highest BCUT2D eigenvalue weighted by molar-refractivity contribution is 8.76. The van der Waals surface area contributed by atoms with E-state index in [1.54, 1.807) is 0 Å². The molecule has 4 atom stereocenters. The molecule has 1 fully saturated rings. The Morgan fingerprint density at radius 3 is 0.990 bits per heavy atom. The number of hydrogen-bond donors (Lipinski definition) is 4. The lowest BCUT2D eigenvalue weighted by Gasteiger charge is -2.34. The lowest BCUT2D eigenvalue weighted by Crippen LogP contribution is -2.47. The second-order valence-corrected chi connectivity index (χ2v) is 31.5. The third-order valence-corrected chi connectivity index (χ3v) is 21.5. The van der Waals surface area contributed by atoms with Gasteiger partial charge in [0.1, 0.15) is 6.61 Å². The van der Waals surface area contributed by atoms with Gasteiger partial charge in [-0.2, -0.15) is 0 Å². The summed E-state index contributed by atoms with van der Waals surface area (Å²) in [5, 5.41) is 44.8. The maximum atomic E-state index is 12.9. The van der Waals surface area contributed by atoms with E-state index in [-0.39, 0.29) is 18.2 Å². The highest BCUT2D eigenvalue weighted by Gasteiger charge is 2.20. The first-order chi connectivity index (χ1) is 49.7. The summed E-state index contributed by atoms with van der Waals surface area (Å²) in [7, 11) is 3.97. The summed E-state index contributed by atoms with van der Waals surface area (Å²) >= 11 is 0. The van der Waals surface area contributed by atoms with Gasteiger partial charge in [-0.15, -0.1) is 0 Å². The fraction of sp³-hybridized carbons (Fsp3) is 0.764. The maximum absolute atomic E-state index is 12.9. The van der Waals surface area contributed by atoms with Crippen molar-refractivity contribution in [2.75, 3.05) is 96.6 Å². The Labute approximate surface area is 632 Å². The Kier molecular flexibility index (Phi) is 74.6. The van der Waals surface area contributed by atoms with Gasteiger partial charge in [-0.05, 0) is 193 Å². The van der Waals surface area contributed by atoms with Crippen molar-refractivity contribution in [2.24, 2.45) is 0 Å². The van der Waals surface area contributed by atoms with Gasteiger partial charge < -0.3 is 25.2 Å². The van der Waals surface area contributed by atoms with Gasteiger partial charge in [-0.25, -0.2) is 0 Å². The molecule has 101 heavy (non-hydrogen) atoms. The van der Waals surface area contributed by atoms with Gasteiger partial charge in [0, 0.05) is 83.4 Å². The molecule has 1 aliphatic rings. The van der Waals surface area contributed by atoms with Crippen LogP contribution in [0.3, 0.4) is 0 Å². The first kappa shape index (κ1) is 96.3. The number of unbranched alkanes of at least 4 members (excludes halogenated alkanes) is 24. The van der Waals surface area contributed by atoms with E-state index >= 15 is 0 Å². The van der Waals surface area contributed by atoms with Gasteiger partial charge in [0.25, 0.3) is 0 Å². The van der Waals surface area contributed by atoms with E-state index in [1.807, 2.05) is 21.6 Å². The number of carbonyl (C=O) groups excluding carboxylic acids is 1. The molecule has 0 aromatic heterocycles. The number of hydrogen-bond acceptors (Lipinski definition) is 12. The van der Waals surface area contributed by atoms with Gasteiger partial charge in [-0.1, -0.05) is 274 Å². The SMILES string of the molecule is CC/C=C\C/C=C\C/C=C\CCCCCCC(O)CN(CCCCC(=O)OCCN1CCN(CCSSCCCCN(CC(O)CCCCCC/C=C\C/C=C\CCCCC)CC(O)CCCCCC/C=C\C/C=C\CCCCC)CC1)CC(O)CCCCCC/C=C\C/C=C\C/C=C\CC. The van der Waals surface area contributed by atoms with Crippen LogP contribution in [0.5, 0.6) is 0 Å². The number of carbonyl (C=O) groups is 1. The van der Waals surface area contributed by atoms with Crippen LogP contribution in [0, 0.1) is 0 Å². The molecule has 0 amide bonds. The second-order valence-electron chi connectivity index (χ2n) is 28.7. The normalized spacial score (nSPS) is 15.3. The molecule has 1 saturated heterocycles. The highest BCUT2D eigenvalue weighted by Crippen LogP contribution is 2.24. The quantitative estimate of drug-likeness (QED) is 0.0201. The Bertz CT molecular complexity index is 1960. The fourth-order valence-corrected chi connectivity index (χ4v) is 14.9. The molecule has 1 heterocycles. The third-order valence-electron chi connectivity index (χ3n) is 19.0. The highest BCUT2D eigenvalue weighted by atomic mass is 33.1. The largest absolute Gasteiger partial charge is 0.464 e. The molecule has 10 nitrogen and oxygen atoms in total. The summed E-state index contributed by atoms with van der Waals surface area (Å²) in [6.45, 7) is 19.3. The summed E-state index contributed by atoms with van der Waals surface area (Å²) in [5.41, 5.74) is 0. The Morgan fingerprint density at radius 2 is 0.644 bits per heavy atom. The molecule has 0 radical (unpaired) electrons. The molecular formula is C89H160N4O6S2. The lowest BCUT2D eigenvalue weighted by molar-refractivity contribution is -0.144. The van der Waals surface area contributed by atoms with E-state index in [1.165, 1.54) is 116 Å². The van der Waals surface area contributed by atoms with Crippen molar-refractivity contribution in [3.8, 4) is 0 Å². The van der Waals surface area contributed by atoms with Crippen molar-refractivity contribution in [3.63, 3.8) is 0 Å². The van der Waals surface area contributed by atoms with E-state index < -0.39 is 12.2 Å². The van der Waals surface area contributed by atoms with Crippen molar-refractivity contribution in [3.05, 3.63) is 122 Å². The zero-order valence-electron chi connectivity index (χ0n) is 66.0. The average molecular weight is 1450 g/mol. The first-order valence-electron chi connectivity index (χ1n) is 42.2. The number of ether oxygens (including phenoxy) is 1. The number of piperazine rings is 1. The lowest BCUT2D eigenvalue weighted by atomic mass is 10.1. The third kappa shape index (κ3) is 71.3. The van der Waals surface area contributed by atoms with Crippen LogP contribution in [0.25, 0.3) is 0 Å². The number of allylic oxidation sites excluding steroid dienone is 20. The standard InChI is InChI=1S/C89H160N4O6S2/c1-5-9-13-17-21-25-29-33-37-41-45-49-53-57-65-85(94)81-92(82-86(95)66-58-54-50-46-42-38-34-30-26-22-18-14-10-6-2)70-62-61-69-89(98)99-78-76-90-72-74-91(75-73-90)77-80-101-100-79-64-63-71-93(83-87(96)67-59-55-51-47-43-39-35-31-27-23-19-15-11-7-3)84-88(97)68-60-56-52-48-44-40-36-32-28-24-20-16-12-8-4/h9-10,13-14,21-28,33-40,85-88,94-97H,5-8,11-12,15-20,29-32,41-84H2,1-4H3/b13-9-,14-10-,25-21-,26-22-,27-23-,28-24-,37-33-,38-34-,39-35-,40-36-. The topological polar surface area (TPSA) is 120 Å². The van der Waals surface area contributed by atoms with Crippen molar-refractivity contribution >= 4 is 27.6 Å². The minimum atomic E-state index is -0.422. The van der Waals surface area contributed by atoms with Crippen molar-refractivity contribution in [2.45, 2.75) is 341 Å². The minimum absolute atomic E-state index is 0.129. The van der Waals surface area contributed by atoms with Crippen LogP contribution in [0.2, 0.25) is 0 Å². The molecule has 12 heteroatoms. The van der Waals surface area contributed by atoms with Gasteiger partial charge in [0.15, 0.2) is 0 Å². The predicted octanol–water partition coefficient (Wildman–Crippen LogP) is 22.8. The molecule has 0 saturated carbocycles. The molecular weight excluding hydrogens is 1290 g/mol. The summed E-state index contributed by atoms with van der Waals surface area (Å²) in [5.74, 6) is 2.10. The number of aliphatic hydroxyl groups excluding tert-OH is 4. The Morgan fingerprint density at radius 1 is 0.347 bits per heavy atom. The van der Waals surface area contributed by atoms with Gasteiger partial charge in [0.2, 0.25) is 0 Å². The summed E-state index contributed by atoms with van der Waals surface area (Å²) in [6, 6.07) is 0. The van der Waals surface area contributed by atoms with Crippen LogP contribution in [-0.4, -0.2) is 167 Å². The van der Waals surface area contributed by atoms with E-state index in [0.717, 1.165) is 231 Å². The molecule has 584 valence electrons. The second kappa shape index (κ2) is 78.3. The molecule has 1 aliphatic heterocycles. The molecule has 1 rings (SSSR count). The molecule has 0 aromatic rings. The first-order valence-corrected chi connectivity index (χ1v) is 44.7. The summed E-state index contributed by atoms with van der Waals surface area (Å²) in [6.07, 6.45) is 92.7. The fourth-order valence-electron chi connectivity index (χ4n) is 12.7. The number of aliphatic hydroxyl groups is 4. The predicted molar refractivity (Wildman–Crippen MR) is 448 cm³/mol. The van der Waals surface area contributed by atoms with Crippen molar-refractivity contribution in [1.29, 1.82) is 0 Å².